The number of nitrogens with one attached hydrogen (secondary N) is 1. The molecule has 0 radical (unpaired) electrons. The maximum atomic E-state index is 14.4. The van der Waals surface area contributed by atoms with Crippen molar-refractivity contribution < 1.29 is 4.74 Å². The van der Waals surface area contributed by atoms with Crippen LogP contribution in [0.3, 0.4) is 0 Å². The minimum Gasteiger partial charge on any atom is -0.473 e. The molecule has 4 aromatic heterocycles. The van der Waals surface area contributed by atoms with Gasteiger partial charge in [-0.3, -0.25) is 14.3 Å². The largest absolute Gasteiger partial charge is 0.473 e. The molecule has 0 spiro atoms. The van der Waals surface area contributed by atoms with Gasteiger partial charge in [-0.2, -0.15) is 4.98 Å². The van der Waals surface area contributed by atoms with Gasteiger partial charge in [0.15, 0.2) is 0 Å². The number of anilines is 2. The number of benzene rings is 2. The van der Waals surface area contributed by atoms with E-state index in [9.17, 15) is 4.79 Å². The van der Waals surface area contributed by atoms with E-state index in [0.29, 0.717) is 16.4 Å². The topological polar surface area (TPSA) is 121 Å². The third kappa shape index (κ3) is 5.01. The summed E-state index contributed by atoms with van der Waals surface area (Å²) >= 11 is 1.38. The lowest BCUT2D eigenvalue weighted by molar-refractivity contribution is 0.412. The van der Waals surface area contributed by atoms with E-state index in [-0.39, 0.29) is 17.5 Å². The van der Waals surface area contributed by atoms with Gasteiger partial charge in [0, 0.05) is 35.7 Å². The second-order valence-electron chi connectivity index (χ2n) is 9.55. The normalized spacial score (nSPS) is 11.9. The summed E-state index contributed by atoms with van der Waals surface area (Å²) in [4.78, 5) is 32.6. The molecule has 0 fully saturated rings. The minimum absolute atomic E-state index is 0.114. The molecule has 0 aliphatic carbocycles. The fourth-order valence-corrected chi connectivity index (χ4v) is 5.68. The first-order valence-electron chi connectivity index (χ1n) is 13.0. The van der Waals surface area contributed by atoms with Crippen LogP contribution in [0.2, 0.25) is 0 Å². The van der Waals surface area contributed by atoms with E-state index in [0.717, 1.165) is 44.0 Å². The number of hydrogen-bond acceptors (Lipinski definition) is 9. The van der Waals surface area contributed by atoms with Crippen molar-refractivity contribution in [2.24, 2.45) is 0 Å². The number of rotatable bonds is 7. The number of ether oxygens (including phenoxy) is 1. The zero-order valence-corrected chi connectivity index (χ0v) is 23.5. The lowest BCUT2D eigenvalue weighted by atomic mass is 9.98. The number of pyridine rings is 2. The molecule has 0 unspecified atom stereocenters. The van der Waals surface area contributed by atoms with Crippen molar-refractivity contribution >= 4 is 33.9 Å². The van der Waals surface area contributed by atoms with Gasteiger partial charge in [0.2, 0.25) is 5.95 Å². The second kappa shape index (κ2) is 10.8. The van der Waals surface area contributed by atoms with Crippen LogP contribution >= 0.6 is 11.3 Å². The Morgan fingerprint density at radius 1 is 0.976 bits per heavy atom. The van der Waals surface area contributed by atoms with E-state index in [1.54, 1.807) is 30.3 Å². The summed E-state index contributed by atoms with van der Waals surface area (Å²) in [7, 11) is 1.58. The Morgan fingerprint density at radius 3 is 2.56 bits per heavy atom. The highest BCUT2D eigenvalue weighted by molar-refractivity contribution is 7.16. The number of aromatic nitrogens is 5. The number of para-hydroxylation sites is 1. The van der Waals surface area contributed by atoms with Crippen molar-refractivity contribution in [1.29, 1.82) is 0 Å². The quantitative estimate of drug-likeness (QED) is 0.242. The van der Waals surface area contributed by atoms with E-state index >= 15 is 0 Å². The van der Waals surface area contributed by atoms with Gasteiger partial charge in [0.25, 0.3) is 10.8 Å². The highest BCUT2D eigenvalue weighted by Gasteiger charge is 2.21. The van der Waals surface area contributed by atoms with Gasteiger partial charge in [0.05, 0.1) is 29.0 Å². The van der Waals surface area contributed by atoms with Crippen molar-refractivity contribution in [1.82, 2.24) is 24.5 Å². The molecule has 9 nitrogen and oxygen atoms in total. The van der Waals surface area contributed by atoms with Gasteiger partial charge in [-0.1, -0.05) is 47.7 Å². The van der Waals surface area contributed by atoms with E-state index < -0.39 is 0 Å². The Kier molecular flexibility index (Phi) is 6.90. The smallest absolute Gasteiger partial charge is 0.273 e. The van der Waals surface area contributed by atoms with Crippen LogP contribution in [0.15, 0.2) is 90.1 Å². The van der Waals surface area contributed by atoms with E-state index in [2.05, 4.69) is 31.3 Å². The number of nitrogens with zero attached hydrogens (tertiary/aromatic N) is 5. The van der Waals surface area contributed by atoms with Crippen molar-refractivity contribution in [3.63, 3.8) is 0 Å². The molecule has 1 atom stereocenters. The van der Waals surface area contributed by atoms with E-state index in [1.807, 2.05) is 74.5 Å². The molecule has 0 aliphatic heterocycles. The van der Waals surface area contributed by atoms with Crippen LogP contribution < -0.4 is 21.3 Å². The summed E-state index contributed by atoms with van der Waals surface area (Å²) in [5, 5.41) is 5.50. The monoisotopic (exact) mass is 561 g/mol. The minimum atomic E-state index is -0.345. The zero-order chi connectivity index (χ0) is 28.5. The summed E-state index contributed by atoms with van der Waals surface area (Å²) in [5.74, 6) is 0.667. The van der Waals surface area contributed by atoms with Gasteiger partial charge >= 0.3 is 0 Å². The molecule has 0 saturated carbocycles. The standard InChI is InChI=1S/C31H27N7O2S/c1-18-14-20(12-13-33-18)23-11-7-8-21-15-25(38(29(39)27(21)23)22-9-5-4-6-10-22)19(2)36-28-24(16-34-30(32)37-28)26-17-35-31(40-3)41-26/h4-17,19H,1-3H3,(H3,32,34,36,37)/t19-/m0/s1. The zero-order valence-electron chi connectivity index (χ0n) is 22.7. The van der Waals surface area contributed by atoms with E-state index in [4.69, 9.17) is 10.5 Å². The molecular formula is C31H27N7O2S. The third-order valence-corrected chi connectivity index (χ3v) is 7.82. The van der Waals surface area contributed by atoms with Crippen LogP contribution in [0.5, 0.6) is 5.19 Å². The van der Waals surface area contributed by atoms with Crippen LogP contribution in [-0.2, 0) is 0 Å². The number of nitrogens with two attached hydrogens (primary N) is 1. The van der Waals surface area contributed by atoms with Gasteiger partial charge in [-0.25, -0.2) is 9.97 Å². The average Bonchev–Trinajstić information content (AvgIpc) is 3.46. The molecule has 4 heterocycles. The summed E-state index contributed by atoms with van der Waals surface area (Å²) in [6, 6.07) is 21.2. The first-order chi connectivity index (χ1) is 19.9. The highest BCUT2D eigenvalue weighted by atomic mass is 32.1. The summed E-state index contributed by atoms with van der Waals surface area (Å²) in [6.07, 6.45) is 5.15. The van der Waals surface area contributed by atoms with Crippen molar-refractivity contribution in [2.45, 2.75) is 19.9 Å². The molecule has 6 rings (SSSR count). The molecule has 6 aromatic rings. The third-order valence-electron chi connectivity index (χ3n) is 6.83. The van der Waals surface area contributed by atoms with Crippen molar-refractivity contribution in [3.05, 3.63) is 107 Å². The van der Waals surface area contributed by atoms with Crippen LogP contribution in [0.1, 0.15) is 24.4 Å². The molecule has 2 aromatic carbocycles. The summed E-state index contributed by atoms with van der Waals surface area (Å²) in [5.41, 5.74) is 10.8. The first-order valence-corrected chi connectivity index (χ1v) is 13.8. The Bertz CT molecular complexity index is 1940. The number of thiazole rings is 1. The maximum Gasteiger partial charge on any atom is 0.273 e. The Balaban J connectivity index is 1.53. The van der Waals surface area contributed by atoms with Crippen LogP contribution in [0.25, 0.3) is 38.0 Å². The number of nitrogen functional groups attached to an aromatic ring is 1. The lowest BCUT2D eigenvalue weighted by Crippen LogP contribution is -2.26. The number of aryl methyl sites for hydroxylation is 1. The van der Waals surface area contributed by atoms with E-state index in [1.165, 1.54) is 11.3 Å². The van der Waals surface area contributed by atoms with Crippen molar-refractivity contribution in [2.75, 3.05) is 18.2 Å². The van der Waals surface area contributed by atoms with Gasteiger partial charge in [-0.15, -0.1) is 0 Å². The fraction of sp³-hybridized carbons (Fsp3) is 0.129. The molecule has 0 saturated heterocycles. The SMILES string of the molecule is COc1ncc(-c2cnc(N)nc2N[C@@H](C)c2cc3cccc(-c4ccnc(C)c4)c3c(=O)n2-c2ccccc2)s1. The molecule has 0 bridgehead atoms. The van der Waals surface area contributed by atoms with Gasteiger partial charge < -0.3 is 15.8 Å². The van der Waals surface area contributed by atoms with Gasteiger partial charge in [-0.05, 0) is 60.7 Å². The lowest BCUT2D eigenvalue weighted by Gasteiger charge is -2.23. The molecule has 0 aliphatic rings. The number of fused-ring (bicyclic) bond motifs is 1. The highest BCUT2D eigenvalue weighted by Crippen LogP contribution is 2.36. The molecule has 41 heavy (non-hydrogen) atoms. The Labute approximate surface area is 240 Å². The predicted molar refractivity (Wildman–Crippen MR) is 164 cm³/mol. The first kappa shape index (κ1) is 26.1. The summed E-state index contributed by atoms with van der Waals surface area (Å²) < 4.78 is 7.04. The Morgan fingerprint density at radius 2 is 1.80 bits per heavy atom. The fourth-order valence-electron chi connectivity index (χ4n) is 4.94. The van der Waals surface area contributed by atoms with Gasteiger partial charge in [0.1, 0.15) is 5.82 Å². The molecule has 0 amide bonds. The number of hydrogen-bond donors (Lipinski definition) is 2. The maximum absolute atomic E-state index is 14.4. The van der Waals surface area contributed by atoms with Crippen LogP contribution in [-0.4, -0.2) is 31.6 Å². The Hall–Kier alpha value is -5.09. The molecule has 3 N–H and O–H groups in total. The second-order valence-corrected chi connectivity index (χ2v) is 10.5. The molecule has 204 valence electrons. The summed E-state index contributed by atoms with van der Waals surface area (Å²) in [6.45, 7) is 3.93. The molecular weight excluding hydrogens is 534 g/mol. The number of methoxy groups -OCH3 is 1. The van der Waals surface area contributed by atoms with Crippen molar-refractivity contribution in [3.8, 4) is 32.4 Å². The van der Waals surface area contributed by atoms with Crippen LogP contribution in [0, 0.1) is 6.92 Å². The molecule has 10 heteroatoms. The van der Waals surface area contributed by atoms with Crippen LogP contribution in [0.4, 0.5) is 11.8 Å². The predicted octanol–water partition coefficient (Wildman–Crippen LogP) is 6.04. The average molecular weight is 562 g/mol.